The first-order valence-corrected chi connectivity index (χ1v) is 10.5. The molecule has 2 aromatic rings. The lowest BCUT2D eigenvalue weighted by Crippen LogP contribution is -2.33. The molecule has 134 valence electrons. The minimum atomic E-state index is -2.89. The third-order valence-electron chi connectivity index (χ3n) is 5.07. The summed E-state index contributed by atoms with van der Waals surface area (Å²) in [6, 6.07) is 2.00. The van der Waals surface area contributed by atoms with Crippen molar-refractivity contribution in [3.63, 3.8) is 0 Å². The van der Waals surface area contributed by atoms with E-state index in [1.807, 2.05) is 30.9 Å². The van der Waals surface area contributed by atoms with E-state index in [-0.39, 0.29) is 17.5 Å². The van der Waals surface area contributed by atoms with Gasteiger partial charge in [-0.2, -0.15) is 5.10 Å². The average Bonchev–Trinajstić information content (AvgIpc) is 3.24. The summed E-state index contributed by atoms with van der Waals surface area (Å²) in [5.41, 5.74) is 2.03. The molecular weight excluding hydrogens is 338 g/mol. The number of sulfone groups is 1. The second-order valence-corrected chi connectivity index (χ2v) is 9.44. The molecule has 3 heterocycles. The molecule has 1 unspecified atom stereocenters. The Bertz CT molecular complexity index is 888. The van der Waals surface area contributed by atoms with Gasteiger partial charge in [0.15, 0.2) is 15.7 Å². The minimum absolute atomic E-state index is 0.0538. The Balaban J connectivity index is 1.63. The van der Waals surface area contributed by atoms with Crippen molar-refractivity contribution in [3.8, 4) is 5.69 Å². The molecule has 2 aliphatic rings. The molecule has 0 aromatic carbocycles. The van der Waals surface area contributed by atoms with Gasteiger partial charge in [-0.15, -0.1) is 0 Å². The van der Waals surface area contributed by atoms with E-state index < -0.39 is 9.84 Å². The molecule has 2 fully saturated rings. The van der Waals surface area contributed by atoms with Crippen LogP contribution in [0.3, 0.4) is 0 Å². The van der Waals surface area contributed by atoms with Crippen LogP contribution in [0.5, 0.6) is 0 Å². The maximum atomic E-state index is 11.8. The van der Waals surface area contributed by atoms with Gasteiger partial charge in [0, 0.05) is 24.4 Å². The van der Waals surface area contributed by atoms with Gasteiger partial charge in [-0.25, -0.2) is 18.1 Å². The van der Waals surface area contributed by atoms with Crippen molar-refractivity contribution in [2.45, 2.75) is 44.7 Å². The highest BCUT2D eigenvalue weighted by Gasteiger charge is 2.33. The second-order valence-electron chi connectivity index (χ2n) is 7.21. The summed E-state index contributed by atoms with van der Waals surface area (Å²) in [6.07, 6.45) is 6.57. The van der Waals surface area contributed by atoms with Gasteiger partial charge in [0.25, 0.3) is 0 Å². The quantitative estimate of drug-likeness (QED) is 0.802. The maximum Gasteiger partial charge on any atom is 0.154 e. The summed E-state index contributed by atoms with van der Waals surface area (Å²) in [5, 5.41) is 4.74. The third kappa shape index (κ3) is 3.46. The lowest BCUT2D eigenvalue weighted by Gasteiger charge is -2.22. The Hall–Kier alpha value is -1.80. The highest BCUT2D eigenvalue weighted by atomic mass is 32.2. The van der Waals surface area contributed by atoms with Crippen LogP contribution in [0.1, 0.15) is 42.4 Å². The molecule has 1 aliphatic heterocycles. The van der Waals surface area contributed by atoms with Crippen molar-refractivity contribution in [3.05, 3.63) is 35.7 Å². The molecule has 25 heavy (non-hydrogen) atoms. The van der Waals surface area contributed by atoms with Crippen LogP contribution in [0, 0.1) is 6.92 Å². The highest BCUT2D eigenvalue weighted by molar-refractivity contribution is 7.91. The standard InChI is InChI=1S/C17H23N5O2S/c1-12-9-18-7-5-15(12)22-16(19-17(20-22)13-3-4-13)10-21(2)14-6-8-25(23,24)11-14/h5,7,9,13-14H,3-4,6,8,10-11H2,1-2H3. The Morgan fingerprint density at radius 2 is 2.12 bits per heavy atom. The Morgan fingerprint density at radius 3 is 2.76 bits per heavy atom. The Kier molecular flexibility index (Phi) is 4.11. The molecule has 1 atom stereocenters. The van der Waals surface area contributed by atoms with Gasteiger partial charge >= 0.3 is 0 Å². The molecule has 0 spiro atoms. The third-order valence-corrected chi connectivity index (χ3v) is 6.82. The van der Waals surface area contributed by atoms with Crippen molar-refractivity contribution in [2.24, 2.45) is 0 Å². The van der Waals surface area contributed by atoms with Crippen molar-refractivity contribution >= 4 is 9.84 Å². The van der Waals surface area contributed by atoms with Crippen LogP contribution in [-0.4, -0.2) is 57.7 Å². The van der Waals surface area contributed by atoms with Gasteiger partial charge in [-0.3, -0.25) is 9.88 Å². The zero-order chi connectivity index (χ0) is 17.6. The van der Waals surface area contributed by atoms with Crippen LogP contribution in [0.25, 0.3) is 5.69 Å². The summed E-state index contributed by atoms with van der Waals surface area (Å²) in [7, 11) is -0.920. The number of hydrogen-bond donors (Lipinski definition) is 0. The first kappa shape index (κ1) is 16.7. The summed E-state index contributed by atoms with van der Waals surface area (Å²) in [6.45, 7) is 2.60. The minimum Gasteiger partial charge on any atom is -0.295 e. The summed E-state index contributed by atoms with van der Waals surface area (Å²) < 4.78 is 25.4. The van der Waals surface area contributed by atoms with E-state index >= 15 is 0 Å². The van der Waals surface area contributed by atoms with Crippen LogP contribution in [-0.2, 0) is 16.4 Å². The van der Waals surface area contributed by atoms with E-state index in [2.05, 4.69) is 9.88 Å². The van der Waals surface area contributed by atoms with Crippen molar-refractivity contribution < 1.29 is 8.42 Å². The topological polar surface area (TPSA) is 81.0 Å². The molecule has 0 amide bonds. The van der Waals surface area contributed by atoms with E-state index in [0.29, 0.717) is 18.9 Å². The fourth-order valence-corrected chi connectivity index (χ4v) is 5.16. The molecule has 7 nitrogen and oxygen atoms in total. The van der Waals surface area contributed by atoms with E-state index in [1.165, 1.54) is 0 Å². The zero-order valence-corrected chi connectivity index (χ0v) is 15.4. The number of aryl methyl sites for hydroxylation is 1. The summed E-state index contributed by atoms with van der Waals surface area (Å²) in [4.78, 5) is 11.0. The van der Waals surface area contributed by atoms with Gasteiger partial charge in [0.05, 0.1) is 23.7 Å². The first-order valence-electron chi connectivity index (χ1n) is 8.70. The van der Waals surface area contributed by atoms with Gasteiger partial charge < -0.3 is 0 Å². The zero-order valence-electron chi connectivity index (χ0n) is 14.6. The van der Waals surface area contributed by atoms with E-state index in [4.69, 9.17) is 10.1 Å². The van der Waals surface area contributed by atoms with E-state index in [0.717, 1.165) is 35.7 Å². The van der Waals surface area contributed by atoms with Crippen LogP contribution in [0.15, 0.2) is 18.5 Å². The molecule has 1 saturated heterocycles. The predicted octanol–water partition coefficient (Wildman–Crippen LogP) is 1.47. The van der Waals surface area contributed by atoms with Crippen LogP contribution in [0.2, 0.25) is 0 Å². The van der Waals surface area contributed by atoms with E-state index in [9.17, 15) is 8.42 Å². The van der Waals surface area contributed by atoms with Gasteiger partial charge in [0.1, 0.15) is 5.82 Å². The average molecular weight is 361 g/mol. The maximum absolute atomic E-state index is 11.8. The SMILES string of the molecule is Cc1cnccc1-n1nc(C2CC2)nc1CN(C)C1CCS(=O)(=O)C1. The highest BCUT2D eigenvalue weighted by Crippen LogP contribution is 2.38. The fourth-order valence-electron chi connectivity index (χ4n) is 3.35. The van der Waals surface area contributed by atoms with E-state index in [1.54, 1.807) is 6.20 Å². The number of hydrogen-bond acceptors (Lipinski definition) is 6. The number of aromatic nitrogens is 4. The fraction of sp³-hybridized carbons (Fsp3) is 0.588. The van der Waals surface area contributed by atoms with Crippen LogP contribution in [0.4, 0.5) is 0 Å². The molecule has 0 N–H and O–H groups in total. The van der Waals surface area contributed by atoms with Gasteiger partial charge in [0.2, 0.25) is 0 Å². The number of pyridine rings is 1. The van der Waals surface area contributed by atoms with Gasteiger partial charge in [-0.1, -0.05) is 0 Å². The second kappa shape index (κ2) is 6.17. The molecule has 4 rings (SSSR count). The van der Waals surface area contributed by atoms with Gasteiger partial charge in [-0.05, 0) is 44.9 Å². The monoisotopic (exact) mass is 361 g/mol. The summed E-state index contributed by atoms with van der Waals surface area (Å²) in [5.74, 6) is 2.76. The normalized spacial score (nSPS) is 22.6. The predicted molar refractivity (Wildman–Crippen MR) is 94.4 cm³/mol. The number of rotatable bonds is 5. The smallest absolute Gasteiger partial charge is 0.154 e. The Labute approximate surface area is 148 Å². The largest absolute Gasteiger partial charge is 0.295 e. The molecule has 0 radical (unpaired) electrons. The molecular formula is C17H23N5O2S. The lowest BCUT2D eigenvalue weighted by molar-refractivity contribution is 0.246. The summed E-state index contributed by atoms with van der Waals surface area (Å²) >= 11 is 0. The van der Waals surface area contributed by atoms with Crippen LogP contribution < -0.4 is 0 Å². The molecule has 1 saturated carbocycles. The molecule has 2 aromatic heterocycles. The first-order chi connectivity index (χ1) is 11.9. The van der Waals surface area contributed by atoms with Crippen molar-refractivity contribution in [1.29, 1.82) is 0 Å². The molecule has 0 bridgehead atoms. The Morgan fingerprint density at radius 1 is 1.32 bits per heavy atom. The van der Waals surface area contributed by atoms with Crippen LogP contribution >= 0.6 is 0 Å². The molecule has 1 aliphatic carbocycles. The molecule has 8 heteroatoms. The number of nitrogens with zero attached hydrogens (tertiary/aromatic N) is 5. The van der Waals surface area contributed by atoms with Crippen molar-refractivity contribution in [2.75, 3.05) is 18.6 Å². The lowest BCUT2D eigenvalue weighted by atomic mass is 10.2. The van der Waals surface area contributed by atoms with Crippen molar-refractivity contribution in [1.82, 2.24) is 24.6 Å².